The van der Waals surface area contributed by atoms with E-state index >= 15 is 0 Å². The average molecular weight is 469 g/mol. The number of halogens is 1. The fraction of sp³-hybridized carbons (Fsp3) is 0.889. The van der Waals surface area contributed by atoms with Crippen LogP contribution in [0.4, 0.5) is 0 Å². The van der Waals surface area contributed by atoms with Gasteiger partial charge in [0.2, 0.25) is 5.91 Å². The molecule has 0 aliphatic heterocycles. The number of carbonyl (C=O) groups excluding carboxylic acids is 1. The standard InChI is InChI=1S/C18H39N5O.HI/c1-9-16(6)21-18(20-13-17(24)22(7)8)19-11-10-12-23(14(2)3)15(4)5;/h14-16H,9-13H2,1-8H3,(H2,19,20,21);1H. The van der Waals surface area contributed by atoms with Crippen molar-refractivity contribution in [3.05, 3.63) is 0 Å². The number of hydrogen-bond acceptors (Lipinski definition) is 3. The van der Waals surface area contributed by atoms with Crippen molar-refractivity contribution in [2.75, 3.05) is 33.7 Å². The second-order valence-corrected chi connectivity index (χ2v) is 7.11. The van der Waals surface area contributed by atoms with Crippen LogP contribution in [0.5, 0.6) is 0 Å². The molecule has 0 spiro atoms. The lowest BCUT2D eigenvalue weighted by atomic mass is 10.2. The summed E-state index contributed by atoms with van der Waals surface area (Å²) in [5.41, 5.74) is 0. The molecule has 6 nitrogen and oxygen atoms in total. The molecule has 1 atom stereocenters. The van der Waals surface area contributed by atoms with Crippen molar-refractivity contribution in [3.8, 4) is 0 Å². The Morgan fingerprint density at radius 3 is 2.08 bits per heavy atom. The number of rotatable bonds is 10. The Kier molecular flexibility index (Phi) is 15.6. The number of aliphatic imine (C=N–C) groups is 1. The molecule has 0 aromatic heterocycles. The molecule has 7 heteroatoms. The third-order valence-electron chi connectivity index (χ3n) is 4.08. The normalized spacial score (nSPS) is 13.0. The summed E-state index contributed by atoms with van der Waals surface area (Å²) in [6.45, 7) is 15.2. The lowest BCUT2D eigenvalue weighted by Gasteiger charge is -2.30. The molecule has 0 saturated carbocycles. The Balaban J connectivity index is 0. The van der Waals surface area contributed by atoms with Gasteiger partial charge < -0.3 is 15.5 Å². The monoisotopic (exact) mass is 469 g/mol. The van der Waals surface area contributed by atoms with E-state index in [1.165, 1.54) is 0 Å². The van der Waals surface area contributed by atoms with Crippen LogP contribution in [-0.4, -0.2) is 73.5 Å². The first-order valence-electron chi connectivity index (χ1n) is 9.19. The highest BCUT2D eigenvalue weighted by Gasteiger charge is 2.12. The van der Waals surface area contributed by atoms with Gasteiger partial charge in [0.1, 0.15) is 6.54 Å². The zero-order valence-electron chi connectivity index (χ0n) is 17.4. The van der Waals surface area contributed by atoms with Gasteiger partial charge in [0.25, 0.3) is 0 Å². The van der Waals surface area contributed by atoms with Crippen molar-refractivity contribution in [3.63, 3.8) is 0 Å². The van der Waals surface area contributed by atoms with Gasteiger partial charge >= 0.3 is 0 Å². The Hall–Kier alpha value is -0.570. The first kappa shape index (κ1) is 26.7. The predicted octanol–water partition coefficient (Wildman–Crippen LogP) is 2.54. The SMILES string of the molecule is CCC(C)NC(=NCC(=O)N(C)C)NCCCN(C(C)C)C(C)C.I. The van der Waals surface area contributed by atoms with E-state index in [1.807, 2.05) is 0 Å². The van der Waals surface area contributed by atoms with Crippen molar-refractivity contribution >= 4 is 35.8 Å². The highest BCUT2D eigenvalue weighted by atomic mass is 127. The van der Waals surface area contributed by atoms with Gasteiger partial charge in [-0.25, -0.2) is 4.99 Å². The molecule has 0 rings (SSSR count). The van der Waals surface area contributed by atoms with E-state index in [9.17, 15) is 4.79 Å². The molecule has 25 heavy (non-hydrogen) atoms. The Morgan fingerprint density at radius 2 is 1.64 bits per heavy atom. The van der Waals surface area contributed by atoms with E-state index in [-0.39, 0.29) is 36.4 Å². The number of guanidine groups is 1. The topological polar surface area (TPSA) is 60.0 Å². The molecule has 2 N–H and O–H groups in total. The zero-order valence-corrected chi connectivity index (χ0v) is 19.8. The largest absolute Gasteiger partial charge is 0.356 e. The predicted molar refractivity (Wildman–Crippen MR) is 119 cm³/mol. The molecule has 0 bridgehead atoms. The van der Waals surface area contributed by atoms with Crippen LogP contribution in [0.25, 0.3) is 0 Å². The molecule has 0 aromatic carbocycles. The third kappa shape index (κ3) is 12.4. The first-order chi connectivity index (χ1) is 11.2. The first-order valence-corrected chi connectivity index (χ1v) is 9.19. The number of likely N-dealkylation sites (N-methyl/N-ethyl adjacent to an activating group) is 1. The van der Waals surface area contributed by atoms with Crippen LogP contribution in [0.15, 0.2) is 4.99 Å². The molecule has 0 aliphatic rings. The van der Waals surface area contributed by atoms with Gasteiger partial charge in [0.05, 0.1) is 0 Å². The summed E-state index contributed by atoms with van der Waals surface area (Å²) in [6, 6.07) is 1.43. The maximum absolute atomic E-state index is 11.7. The fourth-order valence-electron chi connectivity index (χ4n) is 2.36. The molecule has 0 radical (unpaired) electrons. The fourth-order valence-corrected chi connectivity index (χ4v) is 2.36. The summed E-state index contributed by atoms with van der Waals surface area (Å²) >= 11 is 0. The lowest BCUT2D eigenvalue weighted by molar-refractivity contribution is -0.127. The summed E-state index contributed by atoms with van der Waals surface area (Å²) in [7, 11) is 3.50. The van der Waals surface area contributed by atoms with E-state index in [0.717, 1.165) is 31.9 Å². The van der Waals surface area contributed by atoms with Crippen LogP contribution in [0, 0.1) is 0 Å². The van der Waals surface area contributed by atoms with Gasteiger partial charge in [-0.1, -0.05) is 6.92 Å². The molecule has 1 amide bonds. The van der Waals surface area contributed by atoms with E-state index in [4.69, 9.17) is 0 Å². The second kappa shape index (κ2) is 14.6. The zero-order chi connectivity index (χ0) is 18.7. The van der Waals surface area contributed by atoms with Gasteiger partial charge in [-0.2, -0.15) is 0 Å². The second-order valence-electron chi connectivity index (χ2n) is 7.11. The smallest absolute Gasteiger partial charge is 0.243 e. The molecular formula is C18H40IN5O. The van der Waals surface area contributed by atoms with E-state index in [1.54, 1.807) is 19.0 Å². The van der Waals surface area contributed by atoms with Gasteiger partial charge in [-0.05, 0) is 47.5 Å². The van der Waals surface area contributed by atoms with Crippen LogP contribution < -0.4 is 10.6 Å². The van der Waals surface area contributed by atoms with Crippen LogP contribution in [0.3, 0.4) is 0 Å². The summed E-state index contributed by atoms with van der Waals surface area (Å²) in [4.78, 5) is 20.2. The lowest BCUT2D eigenvalue weighted by Crippen LogP contribution is -2.44. The van der Waals surface area contributed by atoms with Crippen molar-refractivity contribution in [1.29, 1.82) is 0 Å². The van der Waals surface area contributed by atoms with Gasteiger partial charge in [0.15, 0.2) is 5.96 Å². The van der Waals surface area contributed by atoms with Crippen LogP contribution in [0.2, 0.25) is 0 Å². The van der Waals surface area contributed by atoms with E-state index in [2.05, 4.69) is 62.1 Å². The van der Waals surface area contributed by atoms with Gasteiger partial charge in [-0.15, -0.1) is 24.0 Å². The highest BCUT2D eigenvalue weighted by Crippen LogP contribution is 2.05. The van der Waals surface area contributed by atoms with Gasteiger partial charge in [-0.3, -0.25) is 9.69 Å². The molecule has 0 aliphatic carbocycles. The molecule has 0 heterocycles. The number of carbonyl (C=O) groups is 1. The molecular weight excluding hydrogens is 429 g/mol. The van der Waals surface area contributed by atoms with Gasteiger partial charge in [0, 0.05) is 45.3 Å². The van der Waals surface area contributed by atoms with Crippen molar-refractivity contribution in [2.24, 2.45) is 4.99 Å². The number of nitrogens with zero attached hydrogens (tertiary/aromatic N) is 3. The summed E-state index contributed by atoms with van der Waals surface area (Å²) in [5, 5.41) is 6.70. The number of amides is 1. The van der Waals surface area contributed by atoms with E-state index in [0.29, 0.717) is 18.1 Å². The maximum Gasteiger partial charge on any atom is 0.243 e. The van der Waals surface area contributed by atoms with Crippen molar-refractivity contribution in [2.45, 2.75) is 72.5 Å². The van der Waals surface area contributed by atoms with Crippen molar-refractivity contribution < 1.29 is 4.79 Å². The Morgan fingerprint density at radius 1 is 1.08 bits per heavy atom. The van der Waals surface area contributed by atoms with Crippen LogP contribution in [-0.2, 0) is 4.79 Å². The molecule has 1 unspecified atom stereocenters. The molecule has 150 valence electrons. The quantitative estimate of drug-likeness (QED) is 0.224. The third-order valence-corrected chi connectivity index (χ3v) is 4.08. The summed E-state index contributed by atoms with van der Waals surface area (Å²) in [6.07, 6.45) is 2.05. The molecule has 0 aromatic rings. The minimum absolute atomic E-state index is 0. The maximum atomic E-state index is 11.7. The minimum atomic E-state index is 0. The van der Waals surface area contributed by atoms with Crippen molar-refractivity contribution in [1.82, 2.24) is 20.4 Å². The molecule has 0 fully saturated rings. The van der Waals surface area contributed by atoms with Crippen LogP contribution >= 0.6 is 24.0 Å². The van der Waals surface area contributed by atoms with E-state index < -0.39 is 0 Å². The summed E-state index contributed by atoms with van der Waals surface area (Å²) < 4.78 is 0. The Bertz CT molecular complexity index is 378. The average Bonchev–Trinajstić information content (AvgIpc) is 2.50. The van der Waals surface area contributed by atoms with Crippen LogP contribution in [0.1, 0.15) is 54.4 Å². The Labute approximate surface area is 172 Å². The summed E-state index contributed by atoms with van der Waals surface area (Å²) in [5.74, 6) is 0.728. The molecule has 0 saturated heterocycles. The minimum Gasteiger partial charge on any atom is -0.356 e. The number of hydrogen-bond donors (Lipinski definition) is 2. The number of nitrogens with one attached hydrogen (secondary N) is 2. The highest BCUT2D eigenvalue weighted by molar-refractivity contribution is 14.0.